The minimum absolute atomic E-state index is 0.0924. The highest BCUT2D eigenvalue weighted by molar-refractivity contribution is 6.31. The Bertz CT molecular complexity index is 897. The van der Waals surface area contributed by atoms with Gasteiger partial charge in [-0.1, -0.05) is 11.6 Å². The Labute approximate surface area is 172 Å². The van der Waals surface area contributed by atoms with Gasteiger partial charge in [-0.25, -0.2) is 9.97 Å². The summed E-state index contributed by atoms with van der Waals surface area (Å²) in [6.45, 7) is 1.20. The SMILES string of the molecule is O=C(CN1C(=O)COc2ccc(Cl)cc21)N1CCOC(COc2ncccn2)C1. The van der Waals surface area contributed by atoms with Gasteiger partial charge in [0.25, 0.3) is 5.91 Å². The molecule has 0 N–H and O–H groups in total. The number of morpholine rings is 1. The molecule has 9 nitrogen and oxygen atoms in total. The van der Waals surface area contributed by atoms with Crippen LogP contribution in [0.25, 0.3) is 0 Å². The number of anilines is 1. The first-order valence-corrected chi connectivity index (χ1v) is 9.50. The number of hydrogen-bond acceptors (Lipinski definition) is 7. The average Bonchev–Trinajstić information content (AvgIpc) is 2.75. The molecule has 3 heterocycles. The fourth-order valence-corrected chi connectivity index (χ4v) is 3.32. The second-order valence-electron chi connectivity index (χ2n) is 6.56. The second-order valence-corrected chi connectivity index (χ2v) is 6.99. The van der Waals surface area contributed by atoms with Crippen molar-refractivity contribution in [3.63, 3.8) is 0 Å². The number of aromatic nitrogens is 2. The van der Waals surface area contributed by atoms with Crippen molar-refractivity contribution in [3.05, 3.63) is 41.7 Å². The zero-order valence-corrected chi connectivity index (χ0v) is 16.2. The maximum absolute atomic E-state index is 12.9. The van der Waals surface area contributed by atoms with E-state index in [-0.39, 0.29) is 43.7 Å². The summed E-state index contributed by atoms with van der Waals surface area (Å²) >= 11 is 6.05. The molecule has 2 aliphatic rings. The molecule has 2 amide bonds. The van der Waals surface area contributed by atoms with E-state index in [0.717, 1.165) is 0 Å². The van der Waals surface area contributed by atoms with Crippen molar-refractivity contribution < 1.29 is 23.8 Å². The van der Waals surface area contributed by atoms with Crippen molar-refractivity contribution in [1.29, 1.82) is 0 Å². The van der Waals surface area contributed by atoms with E-state index in [1.807, 2.05) is 0 Å². The lowest BCUT2D eigenvalue weighted by Gasteiger charge is -2.35. The van der Waals surface area contributed by atoms with E-state index in [0.29, 0.717) is 36.2 Å². The highest BCUT2D eigenvalue weighted by atomic mass is 35.5. The van der Waals surface area contributed by atoms with Crippen LogP contribution < -0.4 is 14.4 Å². The Balaban J connectivity index is 1.38. The van der Waals surface area contributed by atoms with Crippen molar-refractivity contribution in [1.82, 2.24) is 14.9 Å². The van der Waals surface area contributed by atoms with E-state index in [2.05, 4.69) is 9.97 Å². The highest BCUT2D eigenvalue weighted by Crippen LogP contribution is 2.34. The zero-order valence-electron chi connectivity index (χ0n) is 15.5. The third-order valence-corrected chi connectivity index (χ3v) is 4.82. The summed E-state index contributed by atoms with van der Waals surface area (Å²) in [4.78, 5) is 36.3. The molecule has 29 heavy (non-hydrogen) atoms. The van der Waals surface area contributed by atoms with Crippen LogP contribution in [0.3, 0.4) is 0 Å². The molecule has 10 heteroatoms. The molecule has 2 aromatic rings. The molecule has 0 bridgehead atoms. The summed E-state index contributed by atoms with van der Waals surface area (Å²) in [5, 5.41) is 0.464. The maximum atomic E-state index is 12.9. The van der Waals surface area contributed by atoms with Crippen LogP contribution in [0.15, 0.2) is 36.7 Å². The molecule has 1 fully saturated rings. The van der Waals surface area contributed by atoms with Crippen LogP contribution >= 0.6 is 11.6 Å². The molecule has 0 spiro atoms. The monoisotopic (exact) mass is 418 g/mol. The smallest absolute Gasteiger partial charge is 0.316 e. The van der Waals surface area contributed by atoms with Crippen LogP contribution in [0.2, 0.25) is 5.02 Å². The fraction of sp³-hybridized carbons (Fsp3) is 0.368. The average molecular weight is 419 g/mol. The minimum atomic E-state index is -0.307. The van der Waals surface area contributed by atoms with E-state index < -0.39 is 0 Å². The van der Waals surface area contributed by atoms with Gasteiger partial charge in [-0.3, -0.25) is 14.5 Å². The summed E-state index contributed by atoms with van der Waals surface area (Å²) in [5.41, 5.74) is 0.497. The summed E-state index contributed by atoms with van der Waals surface area (Å²) in [7, 11) is 0. The van der Waals surface area contributed by atoms with Gasteiger partial charge in [0.1, 0.15) is 25.0 Å². The number of carbonyl (C=O) groups excluding carboxylic acids is 2. The number of ether oxygens (including phenoxy) is 3. The van der Waals surface area contributed by atoms with Crippen LogP contribution in [-0.2, 0) is 14.3 Å². The predicted molar refractivity (Wildman–Crippen MR) is 103 cm³/mol. The Morgan fingerprint density at radius 3 is 2.97 bits per heavy atom. The molecule has 4 rings (SSSR count). The van der Waals surface area contributed by atoms with Crippen LogP contribution in [0.1, 0.15) is 0 Å². The molecule has 2 aliphatic heterocycles. The Hall–Kier alpha value is -2.91. The molecular formula is C19H19ClN4O5. The predicted octanol–water partition coefficient (Wildman–Crippen LogP) is 1.16. The van der Waals surface area contributed by atoms with Gasteiger partial charge >= 0.3 is 6.01 Å². The van der Waals surface area contributed by atoms with Gasteiger partial charge < -0.3 is 19.1 Å². The molecule has 1 saturated heterocycles. The molecule has 1 unspecified atom stereocenters. The lowest BCUT2D eigenvalue weighted by Crippen LogP contribution is -2.52. The highest BCUT2D eigenvalue weighted by Gasteiger charge is 2.31. The van der Waals surface area contributed by atoms with Gasteiger partial charge in [0.05, 0.1) is 18.8 Å². The van der Waals surface area contributed by atoms with Crippen molar-refractivity contribution >= 4 is 29.1 Å². The zero-order chi connectivity index (χ0) is 20.2. The first kappa shape index (κ1) is 19.4. The molecule has 152 valence electrons. The van der Waals surface area contributed by atoms with Crippen LogP contribution in [0, 0.1) is 0 Å². The van der Waals surface area contributed by atoms with E-state index in [1.165, 1.54) is 4.90 Å². The number of hydrogen-bond donors (Lipinski definition) is 0. The summed E-state index contributed by atoms with van der Waals surface area (Å²) in [6.07, 6.45) is 2.87. The summed E-state index contributed by atoms with van der Waals surface area (Å²) in [5.74, 6) is 0.0517. The normalized spacial score (nSPS) is 18.8. The van der Waals surface area contributed by atoms with Gasteiger partial charge in [-0.2, -0.15) is 0 Å². The molecular weight excluding hydrogens is 400 g/mol. The first-order valence-electron chi connectivity index (χ1n) is 9.12. The Morgan fingerprint density at radius 1 is 1.31 bits per heavy atom. The van der Waals surface area contributed by atoms with Crippen molar-refractivity contribution in [2.24, 2.45) is 0 Å². The molecule has 1 aromatic heterocycles. The van der Waals surface area contributed by atoms with E-state index in [1.54, 1.807) is 41.6 Å². The standard InChI is InChI=1S/C19H19ClN4O5/c20-13-2-3-16-15(8-13)24(18(26)12-28-16)10-17(25)23-6-7-27-14(9-23)11-29-19-21-4-1-5-22-19/h1-5,8,14H,6-7,9-12H2. The van der Waals surface area contributed by atoms with Gasteiger partial charge in [0.15, 0.2) is 6.61 Å². The van der Waals surface area contributed by atoms with E-state index in [4.69, 9.17) is 25.8 Å². The minimum Gasteiger partial charge on any atom is -0.482 e. The lowest BCUT2D eigenvalue weighted by molar-refractivity contribution is -0.139. The number of halogens is 1. The van der Waals surface area contributed by atoms with E-state index in [9.17, 15) is 9.59 Å². The van der Waals surface area contributed by atoms with Crippen LogP contribution in [0.4, 0.5) is 5.69 Å². The number of fused-ring (bicyclic) bond motifs is 1. The van der Waals surface area contributed by atoms with Gasteiger partial charge in [0.2, 0.25) is 5.91 Å². The fourth-order valence-electron chi connectivity index (χ4n) is 3.16. The van der Waals surface area contributed by atoms with Gasteiger partial charge in [0, 0.05) is 24.0 Å². The summed E-state index contributed by atoms with van der Waals surface area (Å²) in [6, 6.07) is 6.95. The Morgan fingerprint density at radius 2 is 2.14 bits per heavy atom. The molecule has 1 aromatic carbocycles. The topological polar surface area (TPSA) is 94.1 Å². The number of carbonyl (C=O) groups is 2. The molecule has 0 aliphatic carbocycles. The maximum Gasteiger partial charge on any atom is 0.316 e. The Kier molecular flexibility index (Phi) is 5.77. The van der Waals surface area contributed by atoms with Gasteiger partial charge in [-0.15, -0.1) is 0 Å². The number of benzene rings is 1. The molecule has 0 saturated carbocycles. The lowest BCUT2D eigenvalue weighted by atomic mass is 10.2. The van der Waals surface area contributed by atoms with Crippen LogP contribution in [0.5, 0.6) is 11.8 Å². The molecule has 1 atom stereocenters. The third-order valence-electron chi connectivity index (χ3n) is 4.59. The largest absolute Gasteiger partial charge is 0.482 e. The van der Waals surface area contributed by atoms with Crippen molar-refractivity contribution in [2.45, 2.75) is 6.10 Å². The third kappa shape index (κ3) is 4.57. The van der Waals surface area contributed by atoms with Crippen molar-refractivity contribution in [3.8, 4) is 11.8 Å². The summed E-state index contributed by atoms with van der Waals surface area (Å²) < 4.78 is 16.6. The molecule has 0 radical (unpaired) electrons. The van der Waals surface area contributed by atoms with Gasteiger partial charge in [-0.05, 0) is 24.3 Å². The number of amides is 2. The van der Waals surface area contributed by atoms with Crippen molar-refractivity contribution in [2.75, 3.05) is 44.4 Å². The number of rotatable bonds is 5. The van der Waals surface area contributed by atoms with E-state index >= 15 is 0 Å². The second kappa shape index (κ2) is 8.62. The number of nitrogens with zero attached hydrogens (tertiary/aromatic N) is 4. The van der Waals surface area contributed by atoms with Crippen LogP contribution in [-0.4, -0.2) is 72.2 Å². The first-order chi connectivity index (χ1) is 14.1. The quantitative estimate of drug-likeness (QED) is 0.719.